The van der Waals surface area contributed by atoms with Crippen LogP contribution in [0.15, 0.2) is 36.5 Å². The minimum Gasteiger partial charge on any atom is -0.394 e. The van der Waals surface area contributed by atoms with E-state index in [1.54, 1.807) is 18.2 Å². The zero-order valence-electron chi connectivity index (χ0n) is 22.0. The van der Waals surface area contributed by atoms with E-state index in [9.17, 15) is 27.9 Å². The Morgan fingerprint density at radius 3 is 2.71 bits per heavy atom. The summed E-state index contributed by atoms with van der Waals surface area (Å²) in [6.45, 7) is 2.06. The molecule has 1 aromatic heterocycles. The van der Waals surface area contributed by atoms with Gasteiger partial charge in [-0.2, -0.15) is 0 Å². The van der Waals surface area contributed by atoms with Crippen molar-refractivity contribution in [2.24, 2.45) is 0 Å². The second kappa shape index (κ2) is 12.0. The summed E-state index contributed by atoms with van der Waals surface area (Å²) in [7, 11) is 0. The number of nitrogens with zero attached hydrogens (tertiary/aromatic N) is 3. The molecule has 5 rings (SSSR count). The van der Waals surface area contributed by atoms with Gasteiger partial charge in [0.05, 0.1) is 29.6 Å². The van der Waals surface area contributed by atoms with E-state index in [2.05, 4.69) is 20.6 Å². The molecule has 0 unspecified atom stereocenters. The van der Waals surface area contributed by atoms with Gasteiger partial charge in [-0.1, -0.05) is 23.7 Å². The summed E-state index contributed by atoms with van der Waals surface area (Å²) >= 11 is 6.41. The maximum atomic E-state index is 14.3. The molecule has 0 radical (unpaired) electrons. The predicted molar refractivity (Wildman–Crippen MR) is 144 cm³/mol. The number of aromatic nitrogens is 2. The number of ether oxygens (including phenoxy) is 1. The molecule has 2 atom stereocenters. The Bertz CT molecular complexity index is 1490. The number of benzene rings is 2. The first-order chi connectivity index (χ1) is 19.7. The fourth-order valence-electron chi connectivity index (χ4n) is 4.93. The van der Waals surface area contributed by atoms with E-state index < -0.39 is 53.5 Å². The van der Waals surface area contributed by atoms with Crippen LogP contribution >= 0.6 is 11.6 Å². The quantitative estimate of drug-likeness (QED) is 0.340. The van der Waals surface area contributed by atoms with Crippen LogP contribution in [0.25, 0.3) is 11.3 Å². The van der Waals surface area contributed by atoms with Gasteiger partial charge in [0, 0.05) is 48.6 Å². The van der Waals surface area contributed by atoms with E-state index >= 15 is 0 Å². The number of nitrogens with one attached hydrogen (secondary N) is 2. The summed E-state index contributed by atoms with van der Waals surface area (Å²) in [5, 5.41) is 15.7. The van der Waals surface area contributed by atoms with Gasteiger partial charge < -0.3 is 25.4 Å². The highest BCUT2D eigenvalue weighted by Crippen LogP contribution is 2.33. The largest absolute Gasteiger partial charge is 0.394 e. The van der Waals surface area contributed by atoms with Crippen molar-refractivity contribution in [3.8, 4) is 11.3 Å². The van der Waals surface area contributed by atoms with Crippen LogP contribution < -0.4 is 10.6 Å². The molecule has 13 heteroatoms. The van der Waals surface area contributed by atoms with Gasteiger partial charge in [-0.05, 0) is 37.5 Å². The maximum absolute atomic E-state index is 14.3. The Labute approximate surface area is 238 Å². The molecule has 0 saturated carbocycles. The number of hydrogen-bond acceptors (Lipinski definition) is 7. The lowest BCUT2D eigenvalue weighted by molar-refractivity contribution is -0.126. The van der Waals surface area contributed by atoms with Crippen LogP contribution in [0.4, 0.5) is 19.1 Å². The minimum atomic E-state index is -1.45. The molecule has 3 aromatic rings. The lowest BCUT2D eigenvalue weighted by atomic mass is 10.0. The zero-order valence-corrected chi connectivity index (χ0v) is 22.7. The van der Waals surface area contributed by atoms with Crippen LogP contribution in [-0.2, 0) is 16.1 Å². The van der Waals surface area contributed by atoms with Crippen LogP contribution in [0.2, 0.25) is 5.02 Å². The lowest BCUT2D eigenvalue weighted by Crippen LogP contribution is -2.47. The summed E-state index contributed by atoms with van der Waals surface area (Å²) in [6.07, 6.45) is 3.14. The number of fused-ring (bicyclic) bond motifs is 1. The fourth-order valence-corrected chi connectivity index (χ4v) is 5.13. The topological polar surface area (TPSA) is 117 Å². The molecule has 9 nitrogen and oxygen atoms in total. The molecule has 1 saturated heterocycles. The average molecular weight is 590 g/mol. The Morgan fingerprint density at radius 2 is 1.98 bits per heavy atom. The summed E-state index contributed by atoms with van der Waals surface area (Å²) < 4.78 is 47.0. The van der Waals surface area contributed by atoms with Crippen LogP contribution in [0.3, 0.4) is 0 Å². The van der Waals surface area contributed by atoms with Crippen molar-refractivity contribution in [3.05, 3.63) is 75.7 Å². The van der Waals surface area contributed by atoms with E-state index in [1.165, 1.54) is 18.0 Å². The minimum absolute atomic E-state index is 0.115. The molecule has 2 aliphatic heterocycles. The van der Waals surface area contributed by atoms with Crippen molar-refractivity contribution in [3.63, 3.8) is 0 Å². The highest BCUT2D eigenvalue weighted by atomic mass is 35.5. The van der Waals surface area contributed by atoms with Gasteiger partial charge in [-0.25, -0.2) is 23.1 Å². The van der Waals surface area contributed by atoms with Gasteiger partial charge in [-0.3, -0.25) is 9.59 Å². The normalized spacial score (nSPS) is 16.8. The molecule has 1 fully saturated rings. The van der Waals surface area contributed by atoms with Crippen molar-refractivity contribution in [2.75, 3.05) is 25.1 Å². The third kappa shape index (κ3) is 5.99. The van der Waals surface area contributed by atoms with Gasteiger partial charge in [-0.15, -0.1) is 0 Å². The maximum Gasteiger partial charge on any atom is 0.255 e. The average Bonchev–Trinajstić information content (AvgIpc) is 3.30. The van der Waals surface area contributed by atoms with Crippen molar-refractivity contribution in [1.82, 2.24) is 20.2 Å². The molecular formula is C28H27ClF3N5O4. The first-order valence-corrected chi connectivity index (χ1v) is 13.4. The third-order valence-electron chi connectivity index (χ3n) is 7.26. The van der Waals surface area contributed by atoms with Crippen LogP contribution in [0, 0.1) is 17.5 Å². The molecule has 216 valence electrons. The lowest BCUT2D eigenvalue weighted by Gasteiger charge is -2.26. The number of carbonyl (C=O) groups is 2. The number of amides is 2. The Morgan fingerprint density at radius 1 is 1.22 bits per heavy atom. The predicted octanol–water partition coefficient (Wildman–Crippen LogP) is 4.00. The van der Waals surface area contributed by atoms with Gasteiger partial charge in [0.1, 0.15) is 11.9 Å². The van der Waals surface area contributed by atoms with E-state index in [-0.39, 0.29) is 12.6 Å². The number of aliphatic hydroxyl groups is 1. The first kappa shape index (κ1) is 28.8. The van der Waals surface area contributed by atoms with Crippen molar-refractivity contribution < 1.29 is 32.6 Å². The molecule has 2 aromatic carbocycles. The van der Waals surface area contributed by atoms with Crippen molar-refractivity contribution in [2.45, 2.75) is 44.4 Å². The monoisotopic (exact) mass is 589 g/mol. The number of carbonyl (C=O) groups excluding carboxylic acids is 2. The van der Waals surface area contributed by atoms with E-state index in [0.29, 0.717) is 58.7 Å². The Kier molecular flexibility index (Phi) is 8.43. The van der Waals surface area contributed by atoms with E-state index in [1.807, 2.05) is 0 Å². The number of halogens is 4. The molecule has 41 heavy (non-hydrogen) atoms. The molecule has 0 aliphatic carbocycles. The van der Waals surface area contributed by atoms with E-state index in [0.717, 1.165) is 12.8 Å². The van der Waals surface area contributed by atoms with Gasteiger partial charge in [0.25, 0.3) is 5.91 Å². The SMILES string of the molecule is C[C@H](C(=O)N[C@H](CO)c1cc(F)cc(F)c1F)N1Cc2ccc(-c3nc(NC4CCOCC4)ncc3Cl)cc2C1=O. The standard InChI is InChI=1S/C28H27ClF3N5O4/c1-14(26(39)35-23(13-38)20-9-17(30)10-22(31)24(20)32)37-12-16-3-2-15(8-19(16)27(37)40)25-21(29)11-33-28(36-25)34-18-4-6-41-7-5-18/h2-3,8-11,14,18,23,38H,4-7,12-13H2,1H3,(H,35,39)(H,33,34,36)/t14-,23-/m1/s1. The van der Waals surface area contributed by atoms with Crippen molar-refractivity contribution >= 4 is 29.4 Å². The smallest absolute Gasteiger partial charge is 0.255 e. The summed E-state index contributed by atoms with van der Waals surface area (Å²) in [5.41, 5.74) is 1.50. The van der Waals surface area contributed by atoms with Crippen LogP contribution in [0.5, 0.6) is 0 Å². The Hall–Kier alpha value is -3.74. The molecule has 0 spiro atoms. The number of hydrogen-bond donors (Lipinski definition) is 3. The number of anilines is 1. The number of aliphatic hydroxyl groups excluding tert-OH is 1. The molecule has 3 heterocycles. The van der Waals surface area contributed by atoms with Crippen molar-refractivity contribution in [1.29, 1.82) is 0 Å². The first-order valence-electron chi connectivity index (χ1n) is 13.0. The van der Waals surface area contributed by atoms with Crippen LogP contribution in [-0.4, -0.2) is 63.7 Å². The Balaban J connectivity index is 1.32. The zero-order chi connectivity index (χ0) is 29.3. The molecule has 3 N–H and O–H groups in total. The summed E-state index contributed by atoms with van der Waals surface area (Å²) in [4.78, 5) is 36.5. The molecule has 2 amide bonds. The van der Waals surface area contributed by atoms with Gasteiger partial charge >= 0.3 is 0 Å². The molecular weight excluding hydrogens is 563 g/mol. The molecule has 0 bridgehead atoms. The van der Waals surface area contributed by atoms with Gasteiger partial charge in [0.15, 0.2) is 11.6 Å². The number of rotatable bonds is 8. The third-order valence-corrected chi connectivity index (χ3v) is 7.53. The highest BCUT2D eigenvalue weighted by molar-refractivity contribution is 6.33. The highest BCUT2D eigenvalue weighted by Gasteiger charge is 2.35. The molecule has 2 aliphatic rings. The second-order valence-electron chi connectivity index (χ2n) is 9.94. The fraction of sp³-hybridized carbons (Fsp3) is 0.357. The summed E-state index contributed by atoms with van der Waals surface area (Å²) in [5.74, 6) is -4.66. The summed E-state index contributed by atoms with van der Waals surface area (Å²) in [6, 6.07) is 3.93. The second-order valence-corrected chi connectivity index (χ2v) is 10.3. The van der Waals surface area contributed by atoms with E-state index in [4.69, 9.17) is 16.3 Å². The van der Waals surface area contributed by atoms with Crippen LogP contribution in [0.1, 0.15) is 47.3 Å². The van der Waals surface area contributed by atoms with Gasteiger partial charge in [0.2, 0.25) is 11.9 Å².